The molecule has 0 spiro atoms. The summed E-state index contributed by atoms with van der Waals surface area (Å²) in [7, 11) is 0. The summed E-state index contributed by atoms with van der Waals surface area (Å²) in [6.45, 7) is 5.38. The van der Waals surface area contributed by atoms with E-state index in [0.717, 1.165) is 47.0 Å². The number of nitrogens with zero attached hydrogens (tertiary/aromatic N) is 4. The number of hydrogen-bond donors (Lipinski definition) is 0. The zero-order chi connectivity index (χ0) is 20.9. The molecule has 1 aromatic carbocycles. The normalized spacial score (nSPS) is 14.1. The second-order valence-electron chi connectivity index (χ2n) is 7.56. The molecule has 0 unspecified atom stereocenters. The van der Waals surface area contributed by atoms with E-state index in [1.165, 1.54) is 12.8 Å². The lowest BCUT2D eigenvalue weighted by Gasteiger charge is -2.23. The van der Waals surface area contributed by atoms with E-state index in [0.29, 0.717) is 12.4 Å². The van der Waals surface area contributed by atoms with Crippen molar-refractivity contribution >= 4 is 23.3 Å². The van der Waals surface area contributed by atoms with E-state index in [1.807, 2.05) is 54.7 Å². The SMILES string of the molecule is CC(=O)N(CCN1CCCC1)c1ccc(-c2ccc(-c3ccc(Cl)cc3)cn2)cn1. The molecule has 0 atom stereocenters. The third-order valence-electron chi connectivity index (χ3n) is 5.48. The van der Waals surface area contributed by atoms with Gasteiger partial charge in [-0.15, -0.1) is 0 Å². The molecule has 1 aliphatic heterocycles. The van der Waals surface area contributed by atoms with Crippen LogP contribution in [0.5, 0.6) is 0 Å². The molecule has 0 radical (unpaired) electrons. The van der Waals surface area contributed by atoms with Gasteiger partial charge in [0.05, 0.1) is 5.69 Å². The van der Waals surface area contributed by atoms with Gasteiger partial charge in [-0.25, -0.2) is 4.98 Å². The molecule has 30 heavy (non-hydrogen) atoms. The second kappa shape index (κ2) is 9.37. The van der Waals surface area contributed by atoms with Crippen LogP contribution in [-0.4, -0.2) is 47.0 Å². The average Bonchev–Trinajstić information content (AvgIpc) is 3.29. The van der Waals surface area contributed by atoms with Crippen molar-refractivity contribution in [3.63, 3.8) is 0 Å². The zero-order valence-corrected chi connectivity index (χ0v) is 17.8. The van der Waals surface area contributed by atoms with Crippen molar-refractivity contribution in [1.29, 1.82) is 0 Å². The van der Waals surface area contributed by atoms with Crippen molar-refractivity contribution in [2.24, 2.45) is 0 Å². The summed E-state index contributed by atoms with van der Waals surface area (Å²) in [5.41, 5.74) is 3.87. The van der Waals surface area contributed by atoms with Crippen LogP contribution in [0.25, 0.3) is 22.4 Å². The molecular formula is C24H25ClN4O. The number of rotatable bonds is 6. The molecule has 4 rings (SSSR count). The van der Waals surface area contributed by atoms with Crippen molar-refractivity contribution in [2.45, 2.75) is 19.8 Å². The second-order valence-corrected chi connectivity index (χ2v) is 8.00. The van der Waals surface area contributed by atoms with Crippen molar-refractivity contribution in [2.75, 3.05) is 31.1 Å². The Bertz CT molecular complexity index is 981. The quantitative estimate of drug-likeness (QED) is 0.568. The van der Waals surface area contributed by atoms with E-state index in [1.54, 1.807) is 18.0 Å². The fourth-order valence-corrected chi connectivity index (χ4v) is 3.88. The topological polar surface area (TPSA) is 49.3 Å². The number of amides is 1. The number of carbonyl (C=O) groups is 1. The highest BCUT2D eigenvalue weighted by Crippen LogP contribution is 2.24. The average molecular weight is 421 g/mol. The van der Waals surface area contributed by atoms with E-state index < -0.39 is 0 Å². The predicted molar refractivity (Wildman–Crippen MR) is 122 cm³/mol. The van der Waals surface area contributed by atoms with Gasteiger partial charge in [0.25, 0.3) is 0 Å². The number of halogens is 1. The molecule has 3 heterocycles. The highest BCUT2D eigenvalue weighted by atomic mass is 35.5. The van der Waals surface area contributed by atoms with Gasteiger partial charge in [-0.3, -0.25) is 14.7 Å². The molecule has 5 nitrogen and oxygen atoms in total. The molecule has 1 fully saturated rings. The standard InChI is InChI=1S/C24H25ClN4O/c1-18(30)29(15-14-28-12-2-3-13-28)24-11-7-21(17-27-24)23-10-6-20(16-26-23)19-4-8-22(25)9-5-19/h4-11,16-17H,2-3,12-15H2,1H3. The van der Waals surface area contributed by atoms with Gasteiger partial charge in [-0.2, -0.15) is 0 Å². The van der Waals surface area contributed by atoms with Crippen LogP contribution in [0.3, 0.4) is 0 Å². The van der Waals surface area contributed by atoms with Crippen LogP contribution in [0.4, 0.5) is 5.82 Å². The van der Waals surface area contributed by atoms with Crippen LogP contribution < -0.4 is 4.90 Å². The molecule has 6 heteroatoms. The maximum atomic E-state index is 12.1. The zero-order valence-electron chi connectivity index (χ0n) is 17.1. The summed E-state index contributed by atoms with van der Waals surface area (Å²) in [6, 6.07) is 15.6. The van der Waals surface area contributed by atoms with Gasteiger partial charge in [0.2, 0.25) is 5.91 Å². The maximum absolute atomic E-state index is 12.1. The van der Waals surface area contributed by atoms with Crippen LogP contribution in [-0.2, 0) is 4.79 Å². The number of pyridine rings is 2. The molecule has 0 aliphatic carbocycles. The molecular weight excluding hydrogens is 396 g/mol. The highest BCUT2D eigenvalue weighted by Gasteiger charge is 2.17. The summed E-state index contributed by atoms with van der Waals surface area (Å²) in [5, 5.41) is 0.717. The van der Waals surface area contributed by atoms with Gasteiger partial charge in [-0.05, 0) is 61.8 Å². The summed E-state index contributed by atoms with van der Waals surface area (Å²) in [4.78, 5) is 25.4. The number of anilines is 1. The summed E-state index contributed by atoms with van der Waals surface area (Å²) in [5.74, 6) is 0.697. The van der Waals surface area contributed by atoms with Crippen molar-refractivity contribution < 1.29 is 4.79 Å². The Kier molecular flexibility index (Phi) is 6.41. The van der Waals surface area contributed by atoms with E-state index in [9.17, 15) is 4.79 Å². The third-order valence-corrected chi connectivity index (χ3v) is 5.73. The number of likely N-dealkylation sites (tertiary alicyclic amines) is 1. The Labute approximate surface area is 182 Å². The van der Waals surface area contributed by atoms with E-state index in [4.69, 9.17) is 11.6 Å². The van der Waals surface area contributed by atoms with Gasteiger partial charge in [0, 0.05) is 48.6 Å². The van der Waals surface area contributed by atoms with E-state index >= 15 is 0 Å². The summed E-state index contributed by atoms with van der Waals surface area (Å²) < 4.78 is 0. The van der Waals surface area contributed by atoms with Gasteiger partial charge < -0.3 is 4.90 Å². The first-order valence-electron chi connectivity index (χ1n) is 10.3. The number of benzene rings is 1. The molecule has 0 N–H and O–H groups in total. The molecule has 2 aromatic heterocycles. The molecule has 1 amide bonds. The number of carbonyl (C=O) groups excluding carboxylic acids is 1. The van der Waals surface area contributed by atoms with Gasteiger partial charge >= 0.3 is 0 Å². The third kappa shape index (κ3) is 4.86. The lowest BCUT2D eigenvalue weighted by Crippen LogP contribution is -2.37. The Morgan fingerprint density at radius 1 is 0.933 bits per heavy atom. The Balaban J connectivity index is 1.46. The minimum absolute atomic E-state index is 0.0138. The van der Waals surface area contributed by atoms with Crippen molar-refractivity contribution in [3.8, 4) is 22.4 Å². The lowest BCUT2D eigenvalue weighted by atomic mass is 10.1. The van der Waals surface area contributed by atoms with Gasteiger partial charge in [0.1, 0.15) is 5.82 Å². The van der Waals surface area contributed by atoms with Crippen LogP contribution in [0.15, 0.2) is 60.9 Å². The van der Waals surface area contributed by atoms with Crippen LogP contribution in [0, 0.1) is 0 Å². The van der Waals surface area contributed by atoms with Gasteiger partial charge in [-0.1, -0.05) is 29.8 Å². The molecule has 3 aromatic rings. The van der Waals surface area contributed by atoms with Gasteiger partial charge in [0.15, 0.2) is 0 Å². The highest BCUT2D eigenvalue weighted by molar-refractivity contribution is 6.30. The fraction of sp³-hybridized carbons (Fsp3) is 0.292. The first-order valence-corrected chi connectivity index (χ1v) is 10.7. The van der Waals surface area contributed by atoms with Crippen molar-refractivity contribution in [1.82, 2.24) is 14.9 Å². The Morgan fingerprint density at radius 2 is 1.60 bits per heavy atom. The number of hydrogen-bond acceptors (Lipinski definition) is 4. The molecule has 0 bridgehead atoms. The summed E-state index contributed by atoms with van der Waals surface area (Å²) >= 11 is 5.96. The fourth-order valence-electron chi connectivity index (χ4n) is 3.76. The van der Waals surface area contributed by atoms with E-state index in [-0.39, 0.29) is 5.91 Å². The van der Waals surface area contributed by atoms with E-state index in [2.05, 4.69) is 14.9 Å². The first kappa shape index (κ1) is 20.5. The summed E-state index contributed by atoms with van der Waals surface area (Å²) in [6.07, 6.45) is 6.13. The molecule has 1 aliphatic rings. The number of aromatic nitrogens is 2. The monoisotopic (exact) mass is 420 g/mol. The van der Waals surface area contributed by atoms with Crippen LogP contribution in [0.2, 0.25) is 5.02 Å². The minimum atomic E-state index is 0.0138. The maximum Gasteiger partial charge on any atom is 0.225 e. The molecule has 1 saturated heterocycles. The molecule has 154 valence electrons. The van der Waals surface area contributed by atoms with Crippen LogP contribution >= 0.6 is 11.6 Å². The van der Waals surface area contributed by atoms with Crippen LogP contribution in [0.1, 0.15) is 19.8 Å². The minimum Gasteiger partial charge on any atom is -0.302 e. The lowest BCUT2D eigenvalue weighted by molar-refractivity contribution is -0.116. The smallest absolute Gasteiger partial charge is 0.225 e. The molecule has 0 saturated carbocycles. The Morgan fingerprint density at radius 3 is 2.20 bits per heavy atom. The predicted octanol–water partition coefficient (Wildman–Crippen LogP) is 4.91. The largest absolute Gasteiger partial charge is 0.302 e. The van der Waals surface area contributed by atoms with Crippen molar-refractivity contribution in [3.05, 3.63) is 65.9 Å². The first-order chi connectivity index (χ1) is 14.6. The Hall–Kier alpha value is -2.76.